The van der Waals surface area contributed by atoms with Gasteiger partial charge < -0.3 is 9.47 Å². The highest BCUT2D eigenvalue weighted by Gasteiger charge is 2.27. The van der Waals surface area contributed by atoms with Gasteiger partial charge >= 0.3 is 0 Å². The van der Waals surface area contributed by atoms with Crippen molar-refractivity contribution in [2.45, 2.75) is 6.61 Å². The highest BCUT2D eigenvalue weighted by atomic mass is 79.9. The number of Topliss-reactive ketones (excluding diaryl/α,β-unsaturated/α-hetero) is 1. The summed E-state index contributed by atoms with van der Waals surface area (Å²) in [5, 5.41) is 0.667. The maximum absolute atomic E-state index is 12.6. The molecule has 0 unspecified atom stereocenters. The third-order valence-corrected chi connectivity index (χ3v) is 5.09. The molecular formula is C22H14BrClO3. The van der Waals surface area contributed by atoms with E-state index in [0.29, 0.717) is 34.5 Å². The van der Waals surface area contributed by atoms with Crippen molar-refractivity contribution in [3.63, 3.8) is 0 Å². The Morgan fingerprint density at radius 2 is 1.89 bits per heavy atom. The number of rotatable bonds is 4. The fourth-order valence-electron chi connectivity index (χ4n) is 2.78. The zero-order valence-electron chi connectivity index (χ0n) is 14.1. The van der Waals surface area contributed by atoms with Crippen LogP contribution in [0.1, 0.15) is 21.5 Å². The number of halogens is 2. The molecule has 1 heterocycles. The first kappa shape index (κ1) is 17.8. The molecule has 134 valence electrons. The predicted molar refractivity (Wildman–Crippen MR) is 109 cm³/mol. The van der Waals surface area contributed by atoms with E-state index < -0.39 is 0 Å². The van der Waals surface area contributed by atoms with Crippen LogP contribution in [0, 0.1) is 0 Å². The minimum atomic E-state index is -0.137. The lowest BCUT2D eigenvalue weighted by molar-refractivity contribution is 0.101. The molecule has 0 aliphatic carbocycles. The molecule has 0 fully saturated rings. The maximum atomic E-state index is 12.6. The van der Waals surface area contributed by atoms with Gasteiger partial charge in [-0.3, -0.25) is 4.79 Å². The molecule has 0 amide bonds. The molecule has 27 heavy (non-hydrogen) atoms. The number of carbonyl (C=O) groups excluding carboxylic acids is 1. The number of hydrogen-bond acceptors (Lipinski definition) is 3. The average molecular weight is 442 g/mol. The van der Waals surface area contributed by atoms with Crippen LogP contribution in [0.5, 0.6) is 11.5 Å². The summed E-state index contributed by atoms with van der Waals surface area (Å²) in [5.41, 5.74) is 2.38. The quantitative estimate of drug-likeness (QED) is 0.446. The first-order valence-electron chi connectivity index (χ1n) is 8.30. The van der Waals surface area contributed by atoms with Crippen LogP contribution in [0.2, 0.25) is 5.02 Å². The van der Waals surface area contributed by atoms with Crippen molar-refractivity contribution in [1.29, 1.82) is 0 Å². The van der Waals surface area contributed by atoms with Gasteiger partial charge in [0.05, 0.1) is 5.56 Å². The van der Waals surface area contributed by atoms with E-state index in [4.69, 9.17) is 21.1 Å². The van der Waals surface area contributed by atoms with Gasteiger partial charge in [0.2, 0.25) is 5.78 Å². The van der Waals surface area contributed by atoms with Crippen LogP contribution in [0.25, 0.3) is 6.08 Å². The molecule has 0 radical (unpaired) electrons. The second-order valence-corrected chi connectivity index (χ2v) is 7.33. The summed E-state index contributed by atoms with van der Waals surface area (Å²) in [6.45, 7) is 0.382. The van der Waals surface area contributed by atoms with E-state index in [1.54, 1.807) is 24.3 Å². The molecule has 0 saturated carbocycles. The highest BCUT2D eigenvalue weighted by Crippen LogP contribution is 2.35. The third kappa shape index (κ3) is 3.92. The Labute approximate surface area is 170 Å². The first-order valence-corrected chi connectivity index (χ1v) is 9.47. The molecule has 5 heteroatoms. The van der Waals surface area contributed by atoms with Crippen LogP contribution in [0.3, 0.4) is 0 Å². The van der Waals surface area contributed by atoms with Crippen LogP contribution in [0.4, 0.5) is 0 Å². The van der Waals surface area contributed by atoms with E-state index in [1.165, 1.54) is 0 Å². The third-order valence-electron chi connectivity index (χ3n) is 4.13. The smallest absolute Gasteiger partial charge is 0.231 e. The Morgan fingerprint density at radius 3 is 2.70 bits per heavy atom. The molecular weight excluding hydrogens is 428 g/mol. The number of allylic oxidation sites excluding steroid dienone is 1. The Bertz CT molecular complexity index is 1060. The van der Waals surface area contributed by atoms with Crippen LogP contribution < -0.4 is 9.47 Å². The fourth-order valence-corrected chi connectivity index (χ4v) is 3.40. The zero-order valence-corrected chi connectivity index (χ0v) is 16.5. The van der Waals surface area contributed by atoms with Crippen molar-refractivity contribution in [2.75, 3.05) is 0 Å². The Kier molecular flexibility index (Phi) is 5.01. The molecule has 0 N–H and O–H groups in total. The second kappa shape index (κ2) is 7.59. The molecule has 0 atom stereocenters. The number of benzene rings is 3. The fraction of sp³-hybridized carbons (Fsp3) is 0.0455. The van der Waals surface area contributed by atoms with Gasteiger partial charge in [-0.05, 0) is 47.5 Å². The standard InChI is InChI=1S/C22H14BrClO3/c23-19-7-2-1-5-15(19)11-21-22(25)18-9-8-17(12-20(18)27-21)26-13-14-4-3-6-16(24)10-14/h1-12H,13H2. The van der Waals surface area contributed by atoms with Crippen molar-refractivity contribution < 1.29 is 14.3 Å². The zero-order chi connectivity index (χ0) is 18.8. The molecule has 3 aromatic rings. The number of fused-ring (bicyclic) bond motifs is 1. The Hall–Kier alpha value is -2.56. The van der Waals surface area contributed by atoms with Crippen LogP contribution >= 0.6 is 27.5 Å². The van der Waals surface area contributed by atoms with Gasteiger partial charge in [0.1, 0.15) is 18.1 Å². The minimum absolute atomic E-state index is 0.137. The van der Waals surface area contributed by atoms with Gasteiger partial charge in [0, 0.05) is 15.6 Å². The minimum Gasteiger partial charge on any atom is -0.489 e. The second-order valence-electron chi connectivity index (χ2n) is 6.04. The highest BCUT2D eigenvalue weighted by molar-refractivity contribution is 9.10. The van der Waals surface area contributed by atoms with Crippen molar-refractivity contribution in [3.05, 3.63) is 98.7 Å². The monoisotopic (exact) mass is 440 g/mol. The van der Waals surface area contributed by atoms with E-state index in [1.807, 2.05) is 48.5 Å². The molecule has 1 aliphatic rings. The molecule has 4 rings (SSSR count). The van der Waals surface area contributed by atoms with Crippen molar-refractivity contribution in [3.8, 4) is 11.5 Å². The summed E-state index contributed by atoms with van der Waals surface area (Å²) in [4.78, 5) is 12.6. The number of ether oxygens (including phenoxy) is 2. The van der Waals surface area contributed by atoms with E-state index >= 15 is 0 Å². The molecule has 0 spiro atoms. The largest absolute Gasteiger partial charge is 0.489 e. The van der Waals surface area contributed by atoms with Gasteiger partial charge in [-0.2, -0.15) is 0 Å². The average Bonchev–Trinajstić information content (AvgIpc) is 2.97. The Balaban J connectivity index is 1.53. The lowest BCUT2D eigenvalue weighted by Gasteiger charge is -2.07. The van der Waals surface area contributed by atoms with E-state index in [0.717, 1.165) is 15.6 Å². The summed E-state index contributed by atoms with van der Waals surface area (Å²) in [7, 11) is 0. The lowest BCUT2D eigenvalue weighted by atomic mass is 10.1. The summed E-state index contributed by atoms with van der Waals surface area (Å²) in [6, 6.07) is 20.4. The number of ketones is 1. The number of hydrogen-bond donors (Lipinski definition) is 0. The summed E-state index contributed by atoms with van der Waals surface area (Å²) in [5.74, 6) is 1.29. The SMILES string of the molecule is O=C1C(=Cc2ccccc2Br)Oc2cc(OCc3cccc(Cl)c3)ccc21. The van der Waals surface area contributed by atoms with Crippen LogP contribution in [-0.2, 0) is 6.61 Å². The summed E-state index contributed by atoms with van der Waals surface area (Å²) >= 11 is 9.47. The topological polar surface area (TPSA) is 35.5 Å². The van der Waals surface area contributed by atoms with E-state index in [9.17, 15) is 4.79 Å². The van der Waals surface area contributed by atoms with E-state index in [-0.39, 0.29) is 5.78 Å². The van der Waals surface area contributed by atoms with Crippen LogP contribution in [-0.4, -0.2) is 5.78 Å². The number of carbonyl (C=O) groups is 1. The molecule has 0 bridgehead atoms. The van der Waals surface area contributed by atoms with Gasteiger partial charge in [0.25, 0.3) is 0 Å². The van der Waals surface area contributed by atoms with Crippen LogP contribution in [0.15, 0.2) is 77.0 Å². The van der Waals surface area contributed by atoms with Crippen molar-refractivity contribution in [1.82, 2.24) is 0 Å². The van der Waals surface area contributed by atoms with Gasteiger partial charge in [0.15, 0.2) is 5.76 Å². The molecule has 1 aliphatic heterocycles. The first-order chi connectivity index (χ1) is 13.1. The normalized spacial score (nSPS) is 14.1. The molecule has 0 aromatic heterocycles. The van der Waals surface area contributed by atoms with Gasteiger partial charge in [-0.15, -0.1) is 0 Å². The van der Waals surface area contributed by atoms with Gasteiger partial charge in [-0.25, -0.2) is 0 Å². The molecule has 3 aromatic carbocycles. The van der Waals surface area contributed by atoms with Crippen molar-refractivity contribution in [2.24, 2.45) is 0 Å². The maximum Gasteiger partial charge on any atom is 0.231 e. The predicted octanol–water partition coefficient (Wildman–Crippen LogP) is 6.30. The van der Waals surface area contributed by atoms with Crippen molar-refractivity contribution >= 4 is 39.4 Å². The lowest BCUT2D eigenvalue weighted by Crippen LogP contribution is -1.98. The summed E-state index contributed by atoms with van der Waals surface area (Å²) in [6.07, 6.45) is 1.74. The van der Waals surface area contributed by atoms with Gasteiger partial charge in [-0.1, -0.05) is 57.9 Å². The molecule has 0 saturated heterocycles. The molecule has 3 nitrogen and oxygen atoms in total. The van der Waals surface area contributed by atoms with E-state index in [2.05, 4.69) is 15.9 Å². The summed E-state index contributed by atoms with van der Waals surface area (Å²) < 4.78 is 12.5. The Morgan fingerprint density at radius 1 is 1.04 bits per heavy atom.